The fourth-order valence-electron chi connectivity index (χ4n) is 2.18. The van der Waals surface area contributed by atoms with Crippen molar-refractivity contribution >= 4 is 44.4 Å². The van der Waals surface area contributed by atoms with Crippen molar-refractivity contribution in [1.29, 1.82) is 0 Å². The average Bonchev–Trinajstić information content (AvgIpc) is 2.97. The quantitative estimate of drug-likeness (QED) is 0.689. The van der Waals surface area contributed by atoms with Crippen molar-refractivity contribution in [2.45, 2.75) is 0 Å². The van der Waals surface area contributed by atoms with Crippen LogP contribution in [-0.2, 0) is 4.74 Å². The van der Waals surface area contributed by atoms with Crippen molar-refractivity contribution in [2.75, 3.05) is 12.4 Å². The van der Waals surface area contributed by atoms with Gasteiger partial charge in [-0.1, -0.05) is 22.0 Å². The van der Waals surface area contributed by atoms with Gasteiger partial charge in [-0.15, -0.1) is 0 Å². The van der Waals surface area contributed by atoms with Gasteiger partial charge in [-0.25, -0.2) is 4.79 Å². The minimum atomic E-state index is -0.535. The molecular formula is C16H12BrN3O3. The van der Waals surface area contributed by atoms with Crippen LogP contribution in [-0.4, -0.2) is 29.2 Å². The van der Waals surface area contributed by atoms with E-state index < -0.39 is 5.97 Å². The van der Waals surface area contributed by atoms with Gasteiger partial charge < -0.3 is 10.1 Å². The zero-order valence-corrected chi connectivity index (χ0v) is 13.7. The van der Waals surface area contributed by atoms with Crippen molar-refractivity contribution in [3.05, 3.63) is 58.2 Å². The highest BCUT2D eigenvalue weighted by Crippen LogP contribution is 2.22. The molecule has 3 rings (SSSR count). The van der Waals surface area contributed by atoms with E-state index in [1.54, 1.807) is 36.4 Å². The number of hydrogen-bond donors (Lipinski definition) is 2. The number of aromatic amines is 1. The van der Waals surface area contributed by atoms with Crippen LogP contribution in [0.5, 0.6) is 0 Å². The molecule has 2 N–H and O–H groups in total. The van der Waals surface area contributed by atoms with Crippen LogP contribution in [0.15, 0.2) is 46.9 Å². The number of benzene rings is 2. The topological polar surface area (TPSA) is 84.1 Å². The number of rotatable bonds is 3. The van der Waals surface area contributed by atoms with Crippen molar-refractivity contribution in [3.63, 3.8) is 0 Å². The molecule has 0 fully saturated rings. The molecule has 1 amide bonds. The summed E-state index contributed by atoms with van der Waals surface area (Å²) < 4.78 is 5.51. The molecule has 6 nitrogen and oxygen atoms in total. The number of halogens is 1. The number of nitrogens with zero attached hydrogens (tertiary/aromatic N) is 1. The van der Waals surface area contributed by atoms with E-state index in [-0.39, 0.29) is 11.6 Å². The van der Waals surface area contributed by atoms with Gasteiger partial charge in [0, 0.05) is 21.1 Å². The van der Waals surface area contributed by atoms with Gasteiger partial charge in [0.2, 0.25) is 0 Å². The monoisotopic (exact) mass is 373 g/mol. The number of anilines is 1. The first kappa shape index (κ1) is 15.2. The summed E-state index contributed by atoms with van der Waals surface area (Å²) in [6, 6.07) is 12.2. The van der Waals surface area contributed by atoms with E-state index in [1.165, 1.54) is 7.11 Å². The largest absolute Gasteiger partial charge is 0.464 e. The Balaban J connectivity index is 1.91. The third-order valence-electron chi connectivity index (χ3n) is 3.29. The minimum absolute atomic E-state index is 0.182. The summed E-state index contributed by atoms with van der Waals surface area (Å²) in [5, 5.41) is 10.1. The predicted octanol–water partition coefficient (Wildman–Crippen LogP) is 3.36. The summed E-state index contributed by atoms with van der Waals surface area (Å²) in [6.45, 7) is 0. The number of fused-ring (bicyclic) bond motifs is 1. The number of H-pyrrole nitrogens is 1. The normalized spacial score (nSPS) is 10.5. The fraction of sp³-hybridized carbons (Fsp3) is 0.0625. The first-order valence-electron chi connectivity index (χ1n) is 6.72. The second-order valence-electron chi connectivity index (χ2n) is 4.79. The molecular weight excluding hydrogens is 362 g/mol. The van der Waals surface area contributed by atoms with Gasteiger partial charge in [-0.3, -0.25) is 9.89 Å². The Labute approximate surface area is 140 Å². The van der Waals surface area contributed by atoms with Gasteiger partial charge in [-0.05, 0) is 36.4 Å². The number of amides is 1. The number of aromatic nitrogens is 2. The maximum Gasteiger partial charge on any atom is 0.359 e. The number of esters is 1. The van der Waals surface area contributed by atoms with Crippen molar-refractivity contribution in [1.82, 2.24) is 10.2 Å². The molecule has 1 heterocycles. The molecule has 0 atom stereocenters. The van der Waals surface area contributed by atoms with Crippen LogP contribution in [0.1, 0.15) is 20.8 Å². The number of methoxy groups -OCH3 is 1. The van der Waals surface area contributed by atoms with Gasteiger partial charge >= 0.3 is 5.97 Å². The molecule has 0 saturated carbocycles. The molecule has 0 bridgehead atoms. The first-order chi connectivity index (χ1) is 11.1. The van der Waals surface area contributed by atoms with E-state index >= 15 is 0 Å². The summed E-state index contributed by atoms with van der Waals surface area (Å²) in [6.07, 6.45) is 0. The number of carbonyl (C=O) groups excluding carboxylic acids is 2. The van der Waals surface area contributed by atoms with Crippen molar-refractivity contribution < 1.29 is 14.3 Å². The third-order valence-corrected chi connectivity index (χ3v) is 3.78. The Hall–Kier alpha value is -2.67. The van der Waals surface area contributed by atoms with Gasteiger partial charge in [0.25, 0.3) is 5.91 Å². The van der Waals surface area contributed by atoms with Crippen LogP contribution in [0.4, 0.5) is 5.69 Å². The lowest BCUT2D eigenvalue weighted by atomic mass is 10.1. The van der Waals surface area contributed by atoms with Crippen LogP contribution in [0.25, 0.3) is 10.9 Å². The lowest BCUT2D eigenvalue weighted by Crippen LogP contribution is -2.11. The molecule has 0 unspecified atom stereocenters. The number of carbonyl (C=O) groups is 2. The molecule has 0 aliphatic heterocycles. The number of ether oxygens (including phenoxy) is 1. The summed E-state index contributed by atoms with van der Waals surface area (Å²) >= 11 is 3.33. The maximum absolute atomic E-state index is 12.3. The van der Waals surface area contributed by atoms with E-state index in [2.05, 4.69) is 31.4 Å². The SMILES string of the molecule is COC(=O)c1n[nH]c2ccc(NC(=O)c3cccc(Br)c3)cc12. The molecule has 2 aromatic carbocycles. The predicted molar refractivity (Wildman–Crippen MR) is 89.5 cm³/mol. The molecule has 116 valence electrons. The molecule has 23 heavy (non-hydrogen) atoms. The summed E-state index contributed by atoms with van der Waals surface area (Å²) in [5.74, 6) is -0.777. The molecule has 0 saturated heterocycles. The molecule has 7 heteroatoms. The molecule has 0 aliphatic carbocycles. The second kappa shape index (κ2) is 6.21. The summed E-state index contributed by atoms with van der Waals surface area (Å²) in [7, 11) is 1.29. The molecule has 3 aromatic rings. The Morgan fingerprint density at radius 3 is 2.78 bits per heavy atom. The highest BCUT2D eigenvalue weighted by atomic mass is 79.9. The van der Waals surface area contributed by atoms with Crippen LogP contribution in [0.2, 0.25) is 0 Å². The smallest absolute Gasteiger partial charge is 0.359 e. The highest BCUT2D eigenvalue weighted by Gasteiger charge is 2.15. The van der Waals surface area contributed by atoms with Crippen LogP contribution in [0.3, 0.4) is 0 Å². The maximum atomic E-state index is 12.3. The zero-order valence-electron chi connectivity index (χ0n) is 12.1. The molecule has 0 spiro atoms. The van der Waals surface area contributed by atoms with Crippen molar-refractivity contribution in [3.8, 4) is 0 Å². The molecule has 1 aromatic heterocycles. The number of nitrogens with one attached hydrogen (secondary N) is 2. The lowest BCUT2D eigenvalue weighted by Gasteiger charge is -2.06. The Kier molecular flexibility index (Phi) is 4.12. The molecule has 0 radical (unpaired) electrons. The Morgan fingerprint density at radius 2 is 2.04 bits per heavy atom. The Bertz CT molecular complexity index is 904. The van der Waals surface area contributed by atoms with E-state index in [0.717, 1.165) is 4.47 Å². The van der Waals surface area contributed by atoms with E-state index in [0.29, 0.717) is 22.2 Å². The third kappa shape index (κ3) is 3.09. The number of hydrogen-bond acceptors (Lipinski definition) is 4. The Morgan fingerprint density at radius 1 is 1.22 bits per heavy atom. The zero-order chi connectivity index (χ0) is 16.4. The van der Waals surface area contributed by atoms with Crippen LogP contribution in [0, 0.1) is 0 Å². The first-order valence-corrected chi connectivity index (χ1v) is 7.51. The van der Waals surface area contributed by atoms with Crippen LogP contribution < -0.4 is 5.32 Å². The van der Waals surface area contributed by atoms with Gasteiger partial charge in [0.05, 0.1) is 12.6 Å². The second-order valence-corrected chi connectivity index (χ2v) is 5.70. The van der Waals surface area contributed by atoms with Gasteiger partial charge in [0.1, 0.15) is 0 Å². The fourth-order valence-corrected chi connectivity index (χ4v) is 2.58. The lowest BCUT2D eigenvalue weighted by molar-refractivity contribution is 0.0596. The van der Waals surface area contributed by atoms with Gasteiger partial charge in [-0.2, -0.15) is 5.10 Å². The van der Waals surface area contributed by atoms with E-state index in [9.17, 15) is 9.59 Å². The minimum Gasteiger partial charge on any atom is -0.464 e. The van der Waals surface area contributed by atoms with Crippen molar-refractivity contribution in [2.24, 2.45) is 0 Å². The summed E-state index contributed by atoms with van der Waals surface area (Å²) in [5.41, 5.74) is 1.96. The summed E-state index contributed by atoms with van der Waals surface area (Å²) in [4.78, 5) is 24.0. The highest BCUT2D eigenvalue weighted by molar-refractivity contribution is 9.10. The van der Waals surface area contributed by atoms with Crippen LogP contribution >= 0.6 is 15.9 Å². The standard InChI is InChI=1S/C16H12BrN3O3/c1-23-16(22)14-12-8-11(5-6-13(12)19-20-14)18-15(21)9-3-2-4-10(17)7-9/h2-8H,1H3,(H,18,21)(H,19,20). The van der Waals surface area contributed by atoms with Gasteiger partial charge in [0.15, 0.2) is 5.69 Å². The van der Waals surface area contributed by atoms with E-state index in [4.69, 9.17) is 4.74 Å². The average molecular weight is 374 g/mol. The van der Waals surface area contributed by atoms with E-state index in [1.807, 2.05) is 6.07 Å². The molecule has 0 aliphatic rings.